The maximum atomic E-state index is 6.09. The summed E-state index contributed by atoms with van der Waals surface area (Å²) in [5, 5.41) is 0. The molecule has 0 heterocycles. The van der Waals surface area contributed by atoms with Crippen LogP contribution in [-0.4, -0.2) is 7.11 Å². The molecule has 2 rings (SSSR count). The van der Waals surface area contributed by atoms with E-state index in [0.29, 0.717) is 0 Å². The molecule has 0 saturated heterocycles. The molecular weight excluding hydrogens is 222 g/mol. The van der Waals surface area contributed by atoms with Gasteiger partial charge in [0.15, 0.2) is 0 Å². The van der Waals surface area contributed by atoms with Crippen molar-refractivity contribution in [3.8, 4) is 0 Å². The van der Waals surface area contributed by atoms with Crippen LogP contribution in [0, 0.1) is 6.92 Å². The van der Waals surface area contributed by atoms with E-state index < -0.39 is 0 Å². The van der Waals surface area contributed by atoms with Gasteiger partial charge in [-0.2, -0.15) is 0 Å². The highest BCUT2D eigenvalue weighted by Gasteiger charge is 2.07. The Morgan fingerprint density at radius 2 is 1.78 bits per heavy atom. The highest BCUT2D eigenvalue weighted by molar-refractivity contribution is 5.83. The molecule has 0 aliphatic carbocycles. The third kappa shape index (κ3) is 2.54. The van der Waals surface area contributed by atoms with E-state index in [2.05, 4.69) is 0 Å². The van der Waals surface area contributed by atoms with Gasteiger partial charge >= 0.3 is 0 Å². The average Bonchev–Trinajstić information content (AvgIpc) is 2.41. The van der Waals surface area contributed by atoms with Crippen LogP contribution in [0.2, 0.25) is 0 Å². The number of hydrogen-bond acceptors (Lipinski definition) is 2. The molecule has 0 radical (unpaired) electrons. The fourth-order valence-corrected chi connectivity index (χ4v) is 1.84. The van der Waals surface area contributed by atoms with E-state index in [-0.39, 0.29) is 0 Å². The summed E-state index contributed by atoms with van der Waals surface area (Å²) in [5.74, 6) is 0.780. The van der Waals surface area contributed by atoms with Gasteiger partial charge in [0.2, 0.25) is 0 Å². The number of para-hydroxylation sites is 1. The van der Waals surface area contributed by atoms with E-state index in [0.717, 1.165) is 28.1 Å². The van der Waals surface area contributed by atoms with Crippen molar-refractivity contribution < 1.29 is 4.74 Å². The number of hydrogen-bond donors (Lipinski definition) is 1. The lowest BCUT2D eigenvalue weighted by Gasteiger charge is -2.11. The monoisotopic (exact) mass is 239 g/mol. The van der Waals surface area contributed by atoms with E-state index >= 15 is 0 Å². The Balaban J connectivity index is 2.46. The Kier molecular flexibility index (Phi) is 3.68. The normalized spacial score (nSPS) is 11.3. The second-order valence-corrected chi connectivity index (χ2v) is 4.16. The molecule has 0 amide bonds. The van der Waals surface area contributed by atoms with Crippen molar-refractivity contribution in [2.24, 2.45) is 0 Å². The first-order valence-electron chi connectivity index (χ1n) is 5.88. The zero-order chi connectivity index (χ0) is 13.0. The van der Waals surface area contributed by atoms with Crippen LogP contribution in [0.15, 0.2) is 48.5 Å². The molecule has 0 atom stereocenters. The Morgan fingerprint density at radius 3 is 2.44 bits per heavy atom. The Bertz CT molecular complexity index is 559. The van der Waals surface area contributed by atoms with Crippen LogP contribution in [0.25, 0.3) is 11.8 Å². The Labute approximate surface area is 108 Å². The number of rotatable bonds is 3. The summed E-state index contributed by atoms with van der Waals surface area (Å²) >= 11 is 0. The molecule has 0 aromatic heterocycles. The standard InChI is InChI=1S/C16H17NO/c1-12-7-6-10-14(16(12)17)15(18-2)11-13-8-4-3-5-9-13/h3-11H,17H2,1-2H3/b15-11-. The van der Waals surface area contributed by atoms with Crippen molar-refractivity contribution in [2.75, 3.05) is 12.8 Å². The van der Waals surface area contributed by atoms with Gasteiger partial charge in [-0.05, 0) is 30.2 Å². The number of methoxy groups -OCH3 is 1. The van der Waals surface area contributed by atoms with Crippen molar-refractivity contribution in [2.45, 2.75) is 6.92 Å². The Morgan fingerprint density at radius 1 is 1.06 bits per heavy atom. The first kappa shape index (κ1) is 12.2. The van der Waals surface area contributed by atoms with Gasteiger partial charge in [-0.1, -0.05) is 42.5 Å². The van der Waals surface area contributed by atoms with Crippen LogP contribution in [0.3, 0.4) is 0 Å². The van der Waals surface area contributed by atoms with E-state index in [9.17, 15) is 0 Å². The van der Waals surface area contributed by atoms with Crippen molar-refractivity contribution in [1.29, 1.82) is 0 Å². The van der Waals surface area contributed by atoms with Gasteiger partial charge in [-0.25, -0.2) is 0 Å². The molecule has 2 nitrogen and oxygen atoms in total. The van der Waals surface area contributed by atoms with Crippen molar-refractivity contribution in [3.05, 3.63) is 65.2 Å². The molecule has 0 aliphatic heterocycles. The van der Waals surface area contributed by atoms with Crippen molar-refractivity contribution >= 4 is 17.5 Å². The summed E-state index contributed by atoms with van der Waals surface area (Å²) in [4.78, 5) is 0. The highest BCUT2D eigenvalue weighted by atomic mass is 16.5. The van der Waals surface area contributed by atoms with E-state index in [1.165, 1.54) is 0 Å². The Hall–Kier alpha value is -2.22. The van der Waals surface area contributed by atoms with Crippen molar-refractivity contribution in [1.82, 2.24) is 0 Å². The van der Waals surface area contributed by atoms with Gasteiger partial charge in [0.1, 0.15) is 5.76 Å². The highest BCUT2D eigenvalue weighted by Crippen LogP contribution is 2.26. The van der Waals surface area contributed by atoms with Crippen LogP contribution < -0.4 is 5.73 Å². The molecule has 0 saturated carbocycles. The summed E-state index contributed by atoms with van der Waals surface area (Å²) in [5.41, 5.74) is 9.94. The summed E-state index contributed by atoms with van der Waals surface area (Å²) in [6.07, 6.45) is 1.99. The molecule has 0 spiro atoms. The van der Waals surface area contributed by atoms with Gasteiger partial charge in [0.25, 0.3) is 0 Å². The minimum atomic E-state index is 0.765. The maximum Gasteiger partial charge on any atom is 0.128 e. The first-order valence-corrected chi connectivity index (χ1v) is 5.88. The molecule has 0 bridgehead atoms. The van der Waals surface area contributed by atoms with Gasteiger partial charge in [0, 0.05) is 11.3 Å². The predicted molar refractivity (Wildman–Crippen MR) is 76.9 cm³/mol. The molecule has 2 N–H and O–H groups in total. The zero-order valence-corrected chi connectivity index (χ0v) is 10.7. The van der Waals surface area contributed by atoms with Gasteiger partial charge < -0.3 is 10.5 Å². The minimum absolute atomic E-state index is 0.765. The SMILES string of the molecule is CO/C(=C\c1ccccc1)c1cccc(C)c1N. The molecule has 0 aliphatic rings. The number of nitrogens with two attached hydrogens (primary N) is 1. The van der Waals surface area contributed by atoms with Crippen LogP contribution in [0.1, 0.15) is 16.7 Å². The summed E-state index contributed by atoms with van der Waals surface area (Å²) < 4.78 is 5.46. The molecule has 2 aromatic rings. The quantitative estimate of drug-likeness (QED) is 0.503. The number of nitrogen functional groups attached to an aromatic ring is 1. The topological polar surface area (TPSA) is 35.2 Å². The largest absolute Gasteiger partial charge is 0.496 e. The summed E-state index contributed by atoms with van der Waals surface area (Å²) in [6.45, 7) is 1.99. The average molecular weight is 239 g/mol. The summed E-state index contributed by atoms with van der Waals surface area (Å²) in [7, 11) is 1.66. The number of aryl methyl sites for hydroxylation is 1. The number of benzene rings is 2. The number of ether oxygens (including phenoxy) is 1. The van der Waals surface area contributed by atoms with Crippen molar-refractivity contribution in [3.63, 3.8) is 0 Å². The second-order valence-electron chi connectivity index (χ2n) is 4.16. The van der Waals surface area contributed by atoms with Crippen LogP contribution >= 0.6 is 0 Å². The molecule has 18 heavy (non-hydrogen) atoms. The minimum Gasteiger partial charge on any atom is -0.496 e. The predicted octanol–water partition coefficient (Wildman–Crippen LogP) is 3.72. The van der Waals surface area contributed by atoms with Crippen LogP contribution in [0.4, 0.5) is 5.69 Å². The van der Waals surface area contributed by atoms with Gasteiger partial charge in [-0.3, -0.25) is 0 Å². The van der Waals surface area contributed by atoms with E-state index in [1.54, 1.807) is 7.11 Å². The third-order valence-corrected chi connectivity index (χ3v) is 2.91. The lowest BCUT2D eigenvalue weighted by Crippen LogP contribution is -1.97. The molecular formula is C16H17NO. The maximum absolute atomic E-state index is 6.09. The lowest BCUT2D eigenvalue weighted by molar-refractivity contribution is 0.373. The fraction of sp³-hybridized carbons (Fsp3) is 0.125. The fourth-order valence-electron chi connectivity index (χ4n) is 1.84. The molecule has 0 unspecified atom stereocenters. The molecule has 2 aromatic carbocycles. The van der Waals surface area contributed by atoms with E-state index in [1.807, 2.05) is 61.5 Å². The number of anilines is 1. The zero-order valence-electron chi connectivity index (χ0n) is 10.7. The first-order chi connectivity index (χ1) is 8.72. The summed E-state index contributed by atoms with van der Waals surface area (Å²) in [6, 6.07) is 16.0. The lowest BCUT2D eigenvalue weighted by atomic mass is 10.0. The third-order valence-electron chi connectivity index (χ3n) is 2.91. The smallest absolute Gasteiger partial charge is 0.128 e. The molecule has 0 fully saturated rings. The molecule has 2 heteroatoms. The van der Waals surface area contributed by atoms with Crippen LogP contribution in [0.5, 0.6) is 0 Å². The van der Waals surface area contributed by atoms with Gasteiger partial charge in [0.05, 0.1) is 7.11 Å². The van der Waals surface area contributed by atoms with Gasteiger partial charge in [-0.15, -0.1) is 0 Å². The van der Waals surface area contributed by atoms with E-state index in [4.69, 9.17) is 10.5 Å². The second kappa shape index (κ2) is 5.41. The van der Waals surface area contributed by atoms with Crippen LogP contribution in [-0.2, 0) is 4.74 Å². The molecule has 92 valence electrons.